The predicted molar refractivity (Wildman–Crippen MR) is 90.1 cm³/mol. The molecule has 0 saturated carbocycles. The number of amides is 1. The number of nitro groups is 1. The lowest BCUT2D eigenvalue weighted by atomic mass is 10.1. The summed E-state index contributed by atoms with van der Waals surface area (Å²) in [7, 11) is 0. The highest BCUT2D eigenvalue weighted by Crippen LogP contribution is 2.16. The first kappa shape index (κ1) is 17.1. The van der Waals surface area contributed by atoms with Gasteiger partial charge in [0.1, 0.15) is 6.20 Å². The van der Waals surface area contributed by atoms with Crippen molar-refractivity contribution in [2.24, 2.45) is 0 Å². The first-order valence-corrected chi connectivity index (χ1v) is 7.08. The van der Waals surface area contributed by atoms with E-state index in [1.807, 2.05) is 0 Å². The van der Waals surface area contributed by atoms with Crippen LogP contribution in [-0.4, -0.2) is 38.6 Å². The van der Waals surface area contributed by atoms with Gasteiger partial charge in [0.05, 0.1) is 12.8 Å². The highest BCUT2D eigenvalue weighted by molar-refractivity contribution is 5.94. The number of rotatable bonds is 7. The number of aliphatic hydroxyl groups is 1. The molecule has 1 heterocycles. The maximum Gasteiger partial charge on any atom is 0.347 e. The van der Waals surface area contributed by atoms with Crippen LogP contribution in [0, 0.1) is 10.1 Å². The molecule has 1 aromatic carbocycles. The minimum atomic E-state index is -0.536. The van der Waals surface area contributed by atoms with Gasteiger partial charge < -0.3 is 20.5 Å². The summed E-state index contributed by atoms with van der Waals surface area (Å²) in [5.74, 6) is -0.0561. The van der Waals surface area contributed by atoms with E-state index in [-0.39, 0.29) is 24.9 Å². The zero-order valence-corrected chi connectivity index (χ0v) is 12.8. The van der Waals surface area contributed by atoms with Gasteiger partial charge in [0.25, 0.3) is 5.91 Å². The van der Waals surface area contributed by atoms with Crippen LogP contribution in [0.4, 0.5) is 5.82 Å². The fourth-order valence-corrected chi connectivity index (χ4v) is 2.00. The lowest BCUT2D eigenvalue weighted by molar-refractivity contribution is -0.390. The maximum absolute atomic E-state index is 11.7. The second kappa shape index (κ2) is 7.84. The SMILES string of the molecule is C=Cn1c([N+](=O)[O-])cnc1/C=C/c1ccc(C(=O)NCCO)cc1. The Morgan fingerprint density at radius 1 is 1.38 bits per heavy atom. The van der Waals surface area contributed by atoms with Crippen LogP contribution < -0.4 is 5.32 Å². The molecule has 24 heavy (non-hydrogen) atoms. The molecule has 2 rings (SSSR count). The molecule has 0 fully saturated rings. The normalized spacial score (nSPS) is 10.7. The summed E-state index contributed by atoms with van der Waals surface area (Å²) < 4.78 is 1.27. The van der Waals surface area contributed by atoms with Crippen molar-refractivity contribution in [2.45, 2.75) is 0 Å². The molecule has 0 atom stereocenters. The van der Waals surface area contributed by atoms with Crippen LogP contribution in [0.3, 0.4) is 0 Å². The monoisotopic (exact) mass is 328 g/mol. The molecule has 0 unspecified atom stereocenters. The van der Waals surface area contributed by atoms with Gasteiger partial charge >= 0.3 is 5.82 Å². The zero-order valence-electron chi connectivity index (χ0n) is 12.8. The van der Waals surface area contributed by atoms with Crippen LogP contribution in [0.25, 0.3) is 18.4 Å². The van der Waals surface area contributed by atoms with Gasteiger partial charge in [0.15, 0.2) is 0 Å². The number of aromatic nitrogens is 2. The minimum Gasteiger partial charge on any atom is -0.395 e. The standard InChI is InChI=1S/C16H16N4O4/c1-2-19-14(18-11-15(19)20(23)24)8-5-12-3-6-13(7-4-12)16(22)17-9-10-21/h2-8,11,21H,1,9-10H2,(H,17,22)/b8-5+. The van der Waals surface area contributed by atoms with Crippen molar-refractivity contribution in [3.63, 3.8) is 0 Å². The molecule has 0 aliphatic carbocycles. The Bertz CT molecular complexity index is 778. The molecule has 1 amide bonds. The first-order valence-electron chi connectivity index (χ1n) is 7.08. The average molecular weight is 328 g/mol. The maximum atomic E-state index is 11.7. The van der Waals surface area contributed by atoms with Gasteiger partial charge in [0, 0.05) is 18.2 Å². The average Bonchev–Trinajstić information content (AvgIpc) is 3.01. The Morgan fingerprint density at radius 2 is 2.08 bits per heavy atom. The largest absolute Gasteiger partial charge is 0.395 e. The molecule has 0 aliphatic rings. The summed E-state index contributed by atoms with van der Waals surface area (Å²) in [5.41, 5.74) is 1.28. The fraction of sp³-hybridized carbons (Fsp3) is 0.125. The first-order chi connectivity index (χ1) is 11.6. The van der Waals surface area contributed by atoms with Gasteiger partial charge in [-0.05, 0) is 28.7 Å². The van der Waals surface area contributed by atoms with Crippen LogP contribution in [0.15, 0.2) is 37.0 Å². The van der Waals surface area contributed by atoms with E-state index >= 15 is 0 Å². The molecular formula is C16H16N4O4. The topological polar surface area (TPSA) is 110 Å². The molecule has 2 N–H and O–H groups in total. The van der Waals surface area contributed by atoms with Crippen LogP contribution in [0.1, 0.15) is 21.7 Å². The Kier molecular flexibility index (Phi) is 5.58. The molecule has 1 aromatic heterocycles. The van der Waals surface area contributed by atoms with Gasteiger partial charge in [-0.1, -0.05) is 18.7 Å². The van der Waals surface area contributed by atoms with Crippen molar-refractivity contribution in [3.05, 3.63) is 64.1 Å². The Balaban J connectivity index is 2.14. The summed E-state index contributed by atoms with van der Waals surface area (Å²) in [5, 5.41) is 22.1. The number of imidazole rings is 1. The van der Waals surface area contributed by atoms with E-state index in [2.05, 4.69) is 16.9 Å². The second-order valence-corrected chi connectivity index (χ2v) is 4.72. The van der Waals surface area contributed by atoms with E-state index in [0.29, 0.717) is 11.4 Å². The number of aliphatic hydroxyl groups excluding tert-OH is 1. The molecular weight excluding hydrogens is 312 g/mol. The van der Waals surface area contributed by atoms with Gasteiger partial charge in [-0.3, -0.25) is 4.79 Å². The van der Waals surface area contributed by atoms with Crippen molar-refractivity contribution in [2.75, 3.05) is 13.2 Å². The van der Waals surface area contributed by atoms with E-state index in [1.54, 1.807) is 36.4 Å². The zero-order chi connectivity index (χ0) is 17.5. The lowest BCUT2D eigenvalue weighted by Gasteiger charge is -2.03. The van der Waals surface area contributed by atoms with E-state index in [1.165, 1.54) is 10.8 Å². The van der Waals surface area contributed by atoms with E-state index in [9.17, 15) is 14.9 Å². The van der Waals surface area contributed by atoms with Gasteiger partial charge in [-0.25, -0.2) is 4.98 Å². The molecule has 0 saturated heterocycles. The van der Waals surface area contributed by atoms with Gasteiger partial charge in [0.2, 0.25) is 5.82 Å². The van der Waals surface area contributed by atoms with Crippen molar-refractivity contribution < 1.29 is 14.8 Å². The number of hydrogen-bond donors (Lipinski definition) is 2. The Morgan fingerprint density at radius 3 is 2.67 bits per heavy atom. The summed E-state index contributed by atoms with van der Waals surface area (Å²) in [6, 6.07) is 6.77. The number of hydrogen-bond acceptors (Lipinski definition) is 5. The third kappa shape index (κ3) is 3.93. The molecule has 2 aromatic rings. The molecule has 0 bridgehead atoms. The highest BCUT2D eigenvalue weighted by Gasteiger charge is 2.15. The number of carbonyl (C=O) groups is 1. The van der Waals surface area contributed by atoms with E-state index in [0.717, 1.165) is 11.8 Å². The number of nitrogens with zero attached hydrogens (tertiary/aromatic N) is 3. The molecule has 0 radical (unpaired) electrons. The van der Waals surface area contributed by atoms with Crippen molar-refractivity contribution in [3.8, 4) is 0 Å². The summed E-state index contributed by atoms with van der Waals surface area (Å²) in [6.07, 6.45) is 5.83. The van der Waals surface area contributed by atoms with Gasteiger partial charge in [-0.15, -0.1) is 0 Å². The summed E-state index contributed by atoms with van der Waals surface area (Å²) >= 11 is 0. The molecule has 124 valence electrons. The highest BCUT2D eigenvalue weighted by atomic mass is 16.6. The second-order valence-electron chi connectivity index (χ2n) is 4.72. The van der Waals surface area contributed by atoms with Crippen molar-refractivity contribution in [1.29, 1.82) is 0 Å². The third-order valence-corrected chi connectivity index (χ3v) is 3.17. The van der Waals surface area contributed by atoms with Crippen molar-refractivity contribution >= 4 is 30.1 Å². The third-order valence-electron chi connectivity index (χ3n) is 3.17. The smallest absolute Gasteiger partial charge is 0.347 e. The number of benzene rings is 1. The van der Waals surface area contributed by atoms with Crippen LogP contribution in [0.5, 0.6) is 0 Å². The van der Waals surface area contributed by atoms with E-state index < -0.39 is 4.92 Å². The molecule has 8 nitrogen and oxygen atoms in total. The molecule has 8 heteroatoms. The Labute approximate surface area is 137 Å². The molecule has 0 spiro atoms. The van der Waals surface area contributed by atoms with Crippen LogP contribution in [-0.2, 0) is 0 Å². The van der Waals surface area contributed by atoms with Gasteiger partial charge in [-0.2, -0.15) is 4.57 Å². The number of nitrogens with one attached hydrogen (secondary N) is 1. The van der Waals surface area contributed by atoms with Crippen LogP contribution in [0.2, 0.25) is 0 Å². The fourth-order valence-electron chi connectivity index (χ4n) is 2.00. The van der Waals surface area contributed by atoms with E-state index in [4.69, 9.17) is 5.11 Å². The van der Waals surface area contributed by atoms with Crippen LogP contribution >= 0.6 is 0 Å². The minimum absolute atomic E-state index is 0.116. The lowest BCUT2D eigenvalue weighted by Crippen LogP contribution is -2.26. The molecule has 0 aliphatic heterocycles. The summed E-state index contributed by atoms with van der Waals surface area (Å²) in [6.45, 7) is 3.62. The predicted octanol–water partition coefficient (Wildman–Crippen LogP) is 1.78. The summed E-state index contributed by atoms with van der Waals surface area (Å²) in [4.78, 5) is 26.0. The number of carbonyl (C=O) groups excluding carboxylic acids is 1. The quantitative estimate of drug-likeness (QED) is 0.594. The van der Waals surface area contributed by atoms with Crippen molar-refractivity contribution in [1.82, 2.24) is 14.9 Å². The Hall–Kier alpha value is -3.26.